The quantitative estimate of drug-likeness (QED) is 0.869. The van der Waals surface area contributed by atoms with Crippen molar-refractivity contribution in [2.45, 2.75) is 72.0 Å². The third-order valence-electron chi connectivity index (χ3n) is 3.75. The third-order valence-corrected chi connectivity index (χ3v) is 4.84. The van der Waals surface area contributed by atoms with E-state index in [1.165, 1.54) is 15.3 Å². The van der Waals surface area contributed by atoms with Crippen molar-refractivity contribution < 1.29 is 9.47 Å². The molecule has 0 bridgehead atoms. The van der Waals surface area contributed by atoms with Crippen molar-refractivity contribution in [3.63, 3.8) is 0 Å². The Labute approximate surface area is 126 Å². The zero-order valence-corrected chi connectivity index (χ0v) is 13.9. The maximum atomic E-state index is 6.11. The van der Waals surface area contributed by atoms with Gasteiger partial charge in [-0.3, -0.25) is 0 Å². The van der Waals surface area contributed by atoms with E-state index in [1.54, 1.807) is 0 Å². The molecule has 2 atom stereocenters. The fraction of sp³-hybridized carbons (Fsp3) is 0.750. The summed E-state index contributed by atoms with van der Waals surface area (Å²) in [4.78, 5) is 2.78. The van der Waals surface area contributed by atoms with E-state index >= 15 is 0 Å². The highest BCUT2D eigenvalue weighted by atomic mass is 32.1. The SMILES string of the molecule is CCNCc1cc(COC2CC(C)OC(C)C2)c(C)s1. The summed E-state index contributed by atoms with van der Waals surface area (Å²) >= 11 is 1.87. The second kappa shape index (κ2) is 7.55. The first-order valence-electron chi connectivity index (χ1n) is 7.64. The number of ether oxygens (including phenoxy) is 2. The highest BCUT2D eigenvalue weighted by molar-refractivity contribution is 7.12. The first kappa shape index (κ1) is 16.0. The topological polar surface area (TPSA) is 30.5 Å². The summed E-state index contributed by atoms with van der Waals surface area (Å²) in [5.74, 6) is 0. The molecule has 2 unspecified atom stereocenters. The molecule has 0 amide bonds. The predicted molar refractivity (Wildman–Crippen MR) is 84.3 cm³/mol. The molecule has 1 aliphatic rings. The Morgan fingerprint density at radius 2 is 2.05 bits per heavy atom. The molecule has 1 N–H and O–H groups in total. The molecule has 3 nitrogen and oxygen atoms in total. The number of aryl methyl sites for hydroxylation is 1. The van der Waals surface area contributed by atoms with Crippen molar-refractivity contribution in [3.05, 3.63) is 21.4 Å². The predicted octanol–water partition coefficient (Wildman–Crippen LogP) is 3.64. The van der Waals surface area contributed by atoms with Gasteiger partial charge in [0.1, 0.15) is 0 Å². The molecular weight excluding hydrogens is 270 g/mol. The molecule has 4 heteroatoms. The van der Waals surface area contributed by atoms with Gasteiger partial charge < -0.3 is 14.8 Å². The number of hydrogen-bond acceptors (Lipinski definition) is 4. The molecule has 1 fully saturated rings. The van der Waals surface area contributed by atoms with Gasteiger partial charge in [-0.05, 0) is 51.8 Å². The summed E-state index contributed by atoms with van der Waals surface area (Å²) in [6.07, 6.45) is 2.99. The fourth-order valence-electron chi connectivity index (χ4n) is 2.75. The molecule has 0 radical (unpaired) electrons. The minimum absolute atomic E-state index is 0.316. The monoisotopic (exact) mass is 297 g/mol. The number of thiophene rings is 1. The van der Waals surface area contributed by atoms with E-state index in [0.717, 1.165) is 32.5 Å². The second-order valence-corrected chi connectivity index (χ2v) is 7.08. The van der Waals surface area contributed by atoms with Crippen molar-refractivity contribution in [2.24, 2.45) is 0 Å². The van der Waals surface area contributed by atoms with Crippen LogP contribution < -0.4 is 5.32 Å². The Balaban J connectivity index is 1.85. The average molecular weight is 297 g/mol. The number of hydrogen-bond donors (Lipinski definition) is 1. The van der Waals surface area contributed by atoms with Crippen LogP contribution in [0.1, 0.15) is 48.9 Å². The Morgan fingerprint density at radius 3 is 2.70 bits per heavy atom. The van der Waals surface area contributed by atoms with Gasteiger partial charge in [-0.1, -0.05) is 6.92 Å². The highest BCUT2D eigenvalue weighted by Gasteiger charge is 2.25. The molecule has 1 aliphatic heterocycles. The van der Waals surface area contributed by atoms with E-state index in [0.29, 0.717) is 18.3 Å². The zero-order chi connectivity index (χ0) is 14.5. The van der Waals surface area contributed by atoms with Gasteiger partial charge in [0, 0.05) is 16.3 Å². The van der Waals surface area contributed by atoms with Gasteiger partial charge in [-0.25, -0.2) is 0 Å². The average Bonchev–Trinajstić information content (AvgIpc) is 2.73. The summed E-state index contributed by atoms with van der Waals surface area (Å²) < 4.78 is 11.9. The van der Waals surface area contributed by atoms with Crippen LogP contribution in [0.5, 0.6) is 0 Å². The summed E-state index contributed by atoms with van der Waals surface area (Å²) in [6, 6.07) is 2.29. The fourth-order valence-corrected chi connectivity index (χ4v) is 3.77. The standard InChI is InChI=1S/C16H27NO2S/c1-5-17-9-16-8-14(13(4)20-16)10-18-15-6-11(2)19-12(3)7-15/h8,11-12,15,17H,5-7,9-10H2,1-4H3. The molecule has 0 saturated carbocycles. The maximum Gasteiger partial charge on any atom is 0.0731 e. The van der Waals surface area contributed by atoms with E-state index in [2.05, 4.69) is 39.1 Å². The normalized spacial score (nSPS) is 26.9. The van der Waals surface area contributed by atoms with Crippen LogP contribution in [0.25, 0.3) is 0 Å². The number of rotatable bonds is 6. The Bertz CT molecular complexity index is 409. The number of nitrogens with one attached hydrogen (secondary N) is 1. The molecule has 0 aliphatic carbocycles. The van der Waals surface area contributed by atoms with Crippen molar-refractivity contribution in [2.75, 3.05) is 6.54 Å². The molecule has 20 heavy (non-hydrogen) atoms. The maximum absolute atomic E-state index is 6.11. The van der Waals surface area contributed by atoms with E-state index in [9.17, 15) is 0 Å². The second-order valence-electron chi connectivity index (χ2n) is 5.74. The van der Waals surface area contributed by atoms with Crippen LogP contribution >= 0.6 is 11.3 Å². The zero-order valence-electron chi connectivity index (χ0n) is 13.1. The lowest BCUT2D eigenvalue weighted by atomic mass is 10.0. The summed E-state index contributed by atoms with van der Waals surface area (Å²) in [5, 5.41) is 3.38. The molecule has 1 saturated heterocycles. The van der Waals surface area contributed by atoms with Gasteiger partial charge in [0.25, 0.3) is 0 Å². The van der Waals surface area contributed by atoms with Gasteiger partial charge in [0.15, 0.2) is 0 Å². The molecule has 0 aromatic carbocycles. The van der Waals surface area contributed by atoms with Gasteiger partial charge >= 0.3 is 0 Å². The van der Waals surface area contributed by atoms with E-state index in [4.69, 9.17) is 9.47 Å². The summed E-state index contributed by atoms with van der Waals surface area (Å²) in [5.41, 5.74) is 1.34. The molecule has 2 heterocycles. The lowest BCUT2D eigenvalue weighted by molar-refractivity contribution is -0.106. The van der Waals surface area contributed by atoms with Gasteiger partial charge in [0.2, 0.25) is 0 Å². The van der Waals surface area contributed by atoms with E-state index < -0.39 is 0 Å². The lowest BCUT2D eigenvalue weighted by Crippen LogP contribution is -2.33. The molecular formula is C16H27NO2S. The van der Waals surface area contributed by atoms with Crippen LogP contribution in [0, 0.1) is 6.92 Å². The first-order valence-corrected chi connectivity index (χ1v) is 8.46. The minimum atomic E-state index is 0.316. The van der Waals surface area contributed by atoms with Crippen LogP contribution in [-0.4, -0.2) is 24.9 Å². The highest BCUT2D eigenvalue weighted by Crippen LogP contribution is 2.26. The summed E-state index contributed by atoms with van der Waals surface area (Å²) in [7, 11) is 0. The van der Waals surface area contributed by atoms with Crippen LogP contribution in [0.3, 0.4) is 0 Å². The van der Waals surface area contributed by atoms with E-state index in [1.807, 2.05) is 11.3 Å². The Kier molecular flexibility index (Phi) is 6.02. The van der Waals surface area contributed by atoms with Crippen molar-refractivity contribution in [1.82, 2.24) is 5.32 Å². The van der Waals surface area contributed by atoms with Gasteiger partial charge in [0.05, 0.1) is 24.9 Å². The van der Waals surface area contributed by atoms with Crippen LogP contribution in [0.4, 0.5) is 0 Å². The largest absolute Gasteiger partial charge is 0.375 e. The Morgan fingerprint density at radius 1 is 1.35 bits per heavy atom. The molecule has 0 spiro atoms. The van der Waals surface area contributed by atoms with Gasteiger partial charge in [-0.15, -0.1) is 11.3 Å². The molecule has 114 valence electrons. The minimum Gasteiger partial charge on any atom is -0.375 e. The van der Waals surface area contributed by atoms with E-state index in [-0.39, 0.29) is 0 Å². The first-order chi connectivity index (χ1) is 9.58. The Hall–Kier alpha value is -0.420. The van der Waals surface area contributed by atoms with Crippen LogP contribution in [-0.2, 0) is 22.6 Å². The molecule has 2 rings (SSSR count). The van der Waals surface area contributed by atoms with Crippen molar-refractivity contribution >= 4 is 11.3 Å². The van der Waals surface area contributed by atoms with Gasteiger partial charge in [-0.2, -0.15) is 0 Å². The van der Waals surface area contributed by atoms with Crippen LogP contribution in [0.2, 0.25) is 0 Å². The van der Waals surface area contributed by atoms with Crippen LogP contribution in [0.15, 0.2) is 6.07 Å². The summed E-state index contributed by atoms with van der Waals surface area (Å²) in [6.45, 7) is 11.3. The smallest absolute Gasteiger partial charge is 0.0731 e. The van der Waals surface area contributed by atoms with Crippen molar-refractivity contribution in [1.29, 1.82) is 0 Å². The third kappa shape index (κ3) is 4.55. The van der Waals surface area contributed by atoms with Crippen molar-refractivity contribution in [3.8, 4) is 0 Å². The lowest BCUT2D eigenvalue weighted by Gasteiger charge is -2.32. The molecule has 1 aromatic heterocycles. The molecule has 1 aromatic rings.